The van der Waals surface area contributed by atoms with Gasteiger partial charge in [-0.3, -0.25) is 10.1 Å². The monoisotopic (exact) mass is 206 g/mol. The fraction of sp³-hybridized carbons (Fsp3) is 0.273. The van der Waals surface area contributed by atoms with Crippen LogP contribution in [0.1, 0.15) is 19.4 Å². The lowest BCUT2D eigenvalue weighted by Crippen LogP contribution is -1.98. The van der Waals surface area contributed by atoms with Crippen LogP contribution in [-0.2, 0) is 0 Å². The molecule has 1 rings (SSSR count). The largest absolute Gasteiger partial charge is 0.356 e. The SMILES string of the molecule is CC(C)=CNc1cccc(C)c1[N+](=O)[O-]. The number of nitrogens with one attached hydrogen (secondary N) is 1. The van der Waals surface area contributed by atoms with E-state index < -0.39 is 0 Å². The summed E-state index contributed by atoms with van der Waals surface area (Å²) in [4.78, 5) is 10.5. The lowest BCUT2D eigenvalue weighted by atomic mass is 10.1. The molecule has 1 N–H and O–H groups in total. The molecule has 0 heterocycles. The minimum absolute atomic E-state index is 0.134. The van der Waals surface area contributed by atoms with Gasteiger partial charge in [0, 0.05) is 5.56 Å². The normalized spacial score (nSPS) is 9.53. The Labute approximate surface area is 88.8 Å². The maximum Gasteiger partial charge on any atom is 0.295 e. The lowest BCUT2D eigenvalue weighted by molar-refractivity contribution is -0.384. The van der Waals surface area contributed by atoms with Crippen molar-refractivity contribution in [3.8, 4) is 0 Å². The van der Waals surface area contributed by atoms with Crippen LogP contribution in [0.4, 0.5) is 11.4 Å². The topological polar surface area (TPSA) is 55.2 Å². The van der Waals surface area contributed by atoms with Crippen LogP contribution in [0.3, 0.4) is 0 Å². The molecule has 0 aliphatic carbocycles. The molecule has 15 heavy (non-hydrogen) atoms. The van der Waals surface area contributed by atoms with Crippen molar-refractivity contribution < 1.29 is 4.92 Å². The summed E-state index contributed by atoms with van der Waals surface area (Å²) in [7, 11) is 0. The smallest absolute Gasteiger partial charge is 0.295 e. The highest BCUT2D eigenvalue weighted by Crippen LogP contribution is 2.27. The Kier molecular flexibility index (Phi) is 3.44. The fourth-order valence-electron chi connectivity index (χ4n) is 1.24. The minimum atomic E-state index is -0.365. The Morgan fingerprint density at radius 2 is 2.13 bits per heavy atom. The molecule has 1 aromatic carbocycles. The van der Waals surface area contributed by atoms with Crippen LogP contribution < -0.4 is 5.32 Å². The van der Waals surface area contributed by atoms with Gasteiger partial charge in [-0.05, 0) is 33.0 Å². The summed E-state index contributed by atoms with van der Waals surface area (Å²) in [6, 6.07) is 5.22. The molecule has 0 fully saturated rings. The van der Waals surface area contributed by atoms with Crippen molar-refractivity contribution in [1.29, 1.82) is 0 Å². The van der Waals surface area contributed by atoms with Crippen LogP contribution in [0.25, 0.3) is 0 Å². The van der Waals surface area contributed by atoms with Gasteiger partial charge in [-0.1, -0.05) is 17.7 Å². The van der Waals surface area contributed by atoms with Gasteiger partial charge in [0.2, 0.25) is 0 Å². The highest BCUT2D eigenvalue weighted by atomic mass is 16.6. The third kappa shape index (κ3) is 2.80. The standard InChI is InChI=1S/C11H14N2O2/c1-8(2)7-12-10-6-4-5-9(3)11(10)13(14)15/h4-7,12H,1-3H3. The molecule has 0 bridgehead atoms. The molecule has 80 valence electrons. The quantitative estimate of drug-likeness (QED) is 0.610. The third-order valence-electron chi connectivity index (χ3n) is 1.94. The Hall–Kier alpha value is -1.84. The zero-order chi connectivity index (χ0) is 11.4. The molecular weight excluding hydrogens is 192 g/mol. The molecular formula is C11H14N2O2. The zero-order valence-electron chi connectivity index (χ0n) is 9.07. The van der Waals surface area contributed by atoms with Gasteiger partial charge in [0.15, 0.2) is 0 Å². The molecule has 0 spiro atoms. The Morgan fingerprint density at radius 1 is 1.47 bits per heavy atom. The number of allylic oxidation sites excluding steroid dienone is 1. The predicted molar refractivity (Wildman–Crippen MR) is 60.9 cm³/mol. The van der Waals surface area contributed by atoms with Gasteiger partial charge in [-0.2, -0.15) is 0 Å². The van der Waals surface area contributed by atoms with Gasteiger partial charge in [-0.15, -0.1) is 0 Å². The first-order valence-corrected chi connectivity index (χ1v) is 4.66. The number of rotatable bonds is 3. The zero-order valence-corrected chi connectivity index (χ0v) is 9.07. The minimum Gasteiger partial charge on any atom is -0.356 e. The van der Waals surface area contributed by atoms with Gasteiger partial charge in [0.25, 0.3) is 5.69 Å². The number of para-hydroxylation sites is 1. The number of nitrogens with zero attached hydrogens (tertiary/aromatic N) is 1. The Morgan fingerprint density at radius 3 is 2.67 bits per heavy atom. The summed E-state index contributed by atoms with van der Waals surface area (Å²) in [6.45, 7) is 5.58. The van der Waals surface area contributed by atoms with Crippen LogP contribution in [-0.4, -0.2) is 4.92 Å². The van der Waals surface area contributed by atoms with Crippen LogP contribution in [0, 0.1) is 17.0 Å². The van der Waals surface area contributed by atoms with Crippen LogP contribution in [0.2, 0.25) is 0 Å². The summed E-state index contributed by atoms with van der Waals surface area (Å²) < 4.78 is 0. The van der Waals surface area contributed by atoms with E-state index >= 15 is 0 Å². The molecule has 0 aliphatic heterocycles. The van der Waals surface area contributed by atoms with E-state index in [1.807, 2.05) is 13.8 Å². The molecule has 0 saturated heterocycles. The summed E-state index contributed by atoms with van der Waals surface area (Å²) in [5, 5.41) is 13.8. The molecule has 0 saturated carbocycles. The molecule has 0 amide bonds. The van der Waals surface area contributed by atoms with Gasteiger partial charge < -0.3 is 5.32 Å². The van der Waals surface area contributed by atoms with Crippen molar-refractivity contribution in [2.75, 3.05) is 5.32 Å². The van der Waals surface area contributed by atoms with E-state index in [-0.39, 0.29) is 10.6 Å². The van der Waals surface area contributed by atoms with E-state index in [2.05, 4.69) is 5.32 Å². The van der Waals surface area contributed by atoms with E-state index in [0.717, 1.165) is 5.57 Å². The summed E-state index contributed by atoms with van der Waals surface area (Å²) >= 11 is 0. The van der Waals surface area contributed by atoms with Gasteiger partial charge >= 0.3 is 0 Å². The van der Waals surface area contributed by atoms with Crippen molar-refractivity contribution in [2.24, 2.45) is 0 Å². The van der Waals surface area contributed by atoms with Gasteiger partial charge in [0.1, 0.15) is 5.69 Å². The number of anilines is 1. The van der Waals surface area contributed by atoms with Crippen molar-refractivity contribution in [1.82, 2.24) is 0 Å². The first-order valence-electron chi connectivity index (χ1n) is 4.66. The molecule has 0 aliphatic rings. The third-order valence-corrected chi connectivity index (χ3v) is 1.94. The van der Waals surface area contributed by atoms with Crippen LogP contribution in [0.5, 0.6) is 0 Å². The summed E-state index contributed by atoms with van der Waals surface area (Å²) in [5.74, 6) is 0. The number of hydrogen-bond donors (Lipinski definition) is 1. The van der Waals surface area contributed by atoms with Crippen LogP contribution >= 0.6 is 0 Å². The highest BCUT2D eigenvalue weighted by molar-refractivity contribution is 5.66. The highest BCUT2D eigenvalue weighted by Gasteiger charge is 2.15. The second-order valence-corrected chi connectivity index (χ2v) is 3.59. The second-order valence-electron chi connectivity index (χ2n) is 3.59. The average molecular weight is 206 g/mol. The van der Waals surface area contributed by atoms with Crippen LogP contribution in [0.15, 0.2) is 30.0 Å². The number of nitro benzene ring substituents is 1. The molecule has 1 aromatic rings. The second kappa shape index (κ2) is 4.59. The number of nitro groups is 1. The molecule has 4 heteroatoms. The number of aryl methyl sites for hydroxylation is 1. The van der Waals surface area contributed by atoms with E-state index in [1.165, 1.54) is 0 Å². The van der Waals surface area contributed by atoms with Crippen molar-refractivity contribution in [2.45, 2.75) is 20.8 Å². The maximum atomic E-state index is 10.8. The average Bonchev–Trinajstić information content (AvgIpc) is 2.13. The Balaban J connectivity index is 3.12. The first-order chi connectivity index (χ1) is 7.02. The molecule has 0 radical (unpaired) electrons. The molecule has 0 atom stereocenters. The van der Waals surface area contributed by atoms with E-state index in [4.69, 9.17) is 0 Å². The van der Waals surface area contributed by atoms with Crippen molar-refractivity contribution in [3.63, 3.8) is 0 Å². The molecule has 4 nitrogen and oxygen atoms in total. The van der Waals surface area contributed by atoms with E-state index in [9.17, 15) is 10.1 Å². The summed E-state index contributed by atoms with van der Waals surface area (Å²) in [6.07, 6.45) is 1.75. The van der Waals surface area contributed by atoms with Gasteiger partial charge in [0.05, 0.1) is 4.92 Å². The van der Waals surface area contributed by atoms with Gasteiger partial charge in [-0.25, -0.2) is 0 Å². The summed E-state index contributed by atoms with van der Waals surface area (Å²) in [5.41, 5.74) is 2.38. The number of benzene rings is 1. The Bertz CT molecular complexity index is 407. The van der Waals surface area contributed by atoms with Crippen molar-refractivity contribution >= 4 is 11.4 Å². The maximum absolute atomic E-state index is 10.8. The van der Waals surface area contributed by atoms with Crippen molar-refractivity contribution in [3.05, 3.63) is 45.6 Å². The first kappa shape index (κ1) is 11.2. The van der Waals surface area contributed by atoms with E-state index in [0.29, 0.717) is 11.3 Å². The fourth-order valence-corrected chi connectivity index (χ4v) is 1.24. The number of hydrogen-bond acceptors (Lipinski definition) is 3. The predicted octanol–water partition coefficient (Wildman–Crippen LogP) is 3.24. The molecule has 0 unspecified atom stereocenters. The van der Waals surface area contributed by atoms with E-state index in [1.54, 1.807) is 31.3 Å². The lowest BCUT2D eigenvalue weighted by Gasteiger charge is -2.04. The molecule has 0 aromatic heterocycles.